The molecule has 1 N–H and O–H groups in total. The molecule has 1 atom stereocenters. The van der Waals surface area contributed by atoms with Crippen LogP contribution in [0.3, 0.4) is 0 Å². The normalized spacial score (nSPS) is 24.2. The number of carbonyl (C=O) groups is 4. The Kier molecular flexibility index (Phi) is 6.50. The predicted octanol–water partition coefficient (Wildman–Crippen LogP) is 2.75. The van der Waals surface area contributed by atoms with Crippen molar-refractivity contribution in [1.82, 2.24) is 20.0 Å². The van der Waals surface area contributed by atoms with E-state index in [9.17, 15) is 19.2 Å². The van der Waals surface area contributed by atoms with Crippen LogP contribution in [0.1, 0.15) is 73.9 Å². The average Bonchev–Trinajstić information content (AvgIpc) is 3.19. The predicted molar refractivity (Wildman–Crippen MR) is 134 cm³/mol. The van der Waals surface area contributed by atoms with Crippen LogP contribution in [0.5, 0.6) is 0 Å². The van der Waals surface area contributed by atoms with Gasteiger partial charge in [-0.2, -0.15) is 0 Å². The van der Waals surface area contributed by atoms with E-state index in [0.717, 1.165) is 49.9 Å². The molecule has 1 aromatic carbocycles. The Balaban J connectivity index is 1.20. The number of hydrogen-bond acceptors (Lipinski definition) is 4. The van der Waals surface area contributed by atoms with E-state index in [0.29, 0.717) is 37.0 Å². The van der Waals surface area contributed by atoms with Gasteiger partial charge < -0.3 is 14.7 Å². The summed E-state index contributed by atoms with van der Waals surface area (Å²) in [6, 6.07) is 5.06. The van der Waals surface area contributed by atoms with E-state index < -0.39 is 11.9 Å². The summed E-state index contributed by atoms with van der Waals surface area (Å²) in [7, 11) is 0. The van der Waals surface area contributed by atoms with Crippen molar-refractivity contribution in [2.24, 2.45) is 11.3 Å². The van der Waals surface area contributed by atoms with E-state index in [2.05, 4.69) is 31.0 Å². The molecule has 5 rings (SSSR count). The third kappa shape index (κ3) is 4.84. The number of likely N-dealkylation sites (tertiary alicyclic amines) is 2. The van der Waals surface area contributed by atoms with Crippen LogP contribution in [-0.2, 0) is 16.1 Å². The first-order valence-electron chi connectivity index (χ1n) is 13.0. The van der Waals surface area contributed by atoms with Gasteiger partial charge in [0.1, 0.15) is 6.04 Å². The first-order valence-corrected chi connectivity index (χ1v) is 13.0. The zero-order valence-corrected chi connectivity index (χ0v) is 21.1. The van der Waals surface area contributed by atoms with Crippen LogP contribution in [-0.4, -0.2) is 70.7 Å². The fraction of sp³-hybridized carbons (Fsp3) is 0.571. The van der Waals surface area contributed by atoms with Crippen molar-refractivity contribution in [1.29, 1.82) is 0 Å². The maximum Gasteiger partial charge on any atom is 0.319 e. The lowest BCUT2D eigenvalue weighted by atomic mass is 9.83. The number of rotatable bonds is 1. The van der Waals surface area contributed by atoms with E-state index in [1.54, 1.807) is 11.0 Å². The molecule has 0 bridgehead atoms. The van der Waals surface area contributed by atoms with Gasteiger partial charge in [0.15, 0.2) is 0 Å². The molecule has 4 heterocycles. The Bertz CT molecular complexity index is 1150. The maximum atomic E-state index is 13.0. The minimum absolute atomic E-state index is 0.157. The smallest absolute Gasteiger partial charge is 0.319 e. The Morgan fingerprint density at radius 2 is 1.69 bits per heavy atom. The molecule has 3 saturated heterocycles. The van der Waals surface area contributed by atoms with Crippen molar-refractivity contribution in [3.63, 3.8) is 0 Å². The number of hydrogen-bond donors (Lipinski definition) is 1. The lowest BCUT2D eigenvalue weighted by molar-refractivity contribution is -0.136. The summed E-state index contributed by atoms with van der Waals surface area (Å²) in [6.45, 7) is 7.95. The molecule has 8 heteroatoms. The van der Waals surface area contributed by atoms with Crippen molar-refractivity contribution in [3.05, 3.63) is 34.9 Å². The van der Waals surface area contributed by atoms with Crippen LogP contribution in [0, 0.1) is 23.2 Å². The van der Waals surface area contributed by atoms with Gasteiger partial charge in [0, 0.05) is 56.2 Å². The second kappa shape index (κ2) is 9.61. The Labute approximate surface area is 212 Å². The lowest BCUT2D eigenvalue weighted by Crippen LogP contribution is -2.52. The monoisotopic (exact) mass is 490 g/mol. The molecule has 36 heavy (non-hydrogen) atoms. The average molecular weight is 491 g/mol. The molecule has 4 aliphatic heterocycles. The quantitative estimate of drug-likeness (QED) is 0.484. The summed E-state index contributed by atoms with van der Waals surface area (Å²) in [5.41, 5.74) is 2.56. The van der Waals surface area contributed by atoms with Crippen molar-refractivity contribution >= 4 is 23.8 Å². The van der Waals surface area contributed by atoms with Crippen LogP contribution in [0.25, 0.3) is 0 Å². The van der Waals surface area contributed by atoms with Gasteiger partial charge in [-0.15, -0.1) is 0 Å². The van der Waals surface area contributed by atoms with Gasteiger partial charge in [-0.1, -0.05) is 31.8 Å². The molecule has 1 aromatic rings. The standard InChI is InChI=1S/C28H34N4O4/c1-28(2)12-16-31(17-13-28)27(36)30-14-10-19(11-15-30)6-7-20-4-3-5-21-22(20)18-32(26(21)35)23-8-9-24(33)29-25(23)34/h3-5,19,23H,8-18H2,1-2H3,(H,29,33,34). The lowest BCUT2D eigenvalue weighted by Gasteiger charge is -2.40. The molecule has 1 unspecified atom stereocenters. The number of urea groups is 1. The highest BCUT2D eigenvalue weighted by Gasteiger charge is 2.39. The van der Waals surface area contributed by atoms with Crippen LogP contribution >= 0.6 is 0 Å². The summed E-state index contributed by atoms with van der Waals surface area (Å²) < 4.78 is 0. The van der Waals surface area contributed by atoms with Crippen molar-refractivity contribution in [3.8, 4) is 11.8 Å². The molecule has 8 nitrogen and oxygen atoms in total. The number of nitrogens with zero attached hydrogens (tertiary/aromatic N) is 3. The number of carbonyl (C=O) groups excluding carboxylic acids is 4. The highest BCUT2D eigenvalue weighted by atomic mass is 16.2. The molecule has 4 aliphatic rings. The molecular weight excluding hydrogens is 456 g/mol. The van der Waals surface area contributed by atoms with Gasteiger partial charge in [0.2, 0.25) is 11.8 Å². The van der Waals surface area contributed by atoms with Gasteiger partial charge in [0.05, 0.1) is 0 Å². The zero-order chi connectivity index (χ0) is 25.4. The van der Waals surface area contributed by atoms with Crippen molar-refractivity contribution in [2.75, 3.05) is 26.2 Å². The molecular formula is C28H34N4O4. The molecule has 0 radical (unpaired) electrons. The molecule has 3 fully saturated rings. The topological polar surface area (TPSA) is 90.0 Å². The van der Waals surface area contributed by atoms with Crippen LogP contribution in [0.2, 0.25) is 0 Å². The summed E-state index contributed by atoms with van der Waals surface area (Å²) in [4.78, 5) is 55.3. The summed E-state index contributed by atoms with van der Waals surface area (Å²) >= 11 is 0. The van der Waals surface area contributed by atoms with E-state index in [-0.39, 0.29) is 30.2 Å². The van der Waals surface area contributed by atoms with E-state index in [1.165, 1.54) is 0 Å². The summed E-state index contributed by atoms with van der Waals surface area (Å²) in [6.07, 6.45) is 4.36. The SMILES string of the molecule is CC1(C)CCN(C(=O)N2CCC(C#Cc3cccc4c3CN(C3CCC(=O)NC3=O)C4=O)CC2)CC1. The van der Waals surface area contributed by atoms with Gasteiger partial charge in [-0.05, 0) is 55.2 Å². The second-order valence-corrected chi connectivity index (χ2v) is 11.2. The molecule has 190 valence electrons. The number of benzene rings is 1. The first-order chi connectivity index (χ1) is 17.2. The number of amides is 5. The number of nitrogens with one attached hydrogen (secondary N) is 1. The van der Waals surface area contributed by atoms with E-state index in [1.807, 2.05) is 21.9 Å². The zero-order valence-electron chi connectivity index (χ0n) is 21.1. The summed E-state index contributed by atoms with van der Waals surface area (Å²) in [5.74, 6) is 6.00. The number of fused-ring (bicyclic) bond motifs is 1. The molecule has 0 aliphatic carbocycles. The van der Waals surface area contributed by atoms with E-state index in [4.69, 9.17) is 0 Å². The van der Waals surface area contributed by atoms with Crippen LogP contribution < -0.4 is 5.32 Å². The van der Waals surface area contributed by atoms with E-state index >= 15 is 0 Å². The van der Waals surface area contributed by atoms with Crippen molar-refractivity contribution in [2.45, 2.75) is 65.0 Å². The minimum Gasteiger partial charge on any atom is -0.325 e. The van der Waals surface area contributed by atoms with Gasteiger partial charge in [-0.3, -0.25) is 19.7 Å². The number of imide groups is 1. The molecule has 5 amide bonds. The third-order valence-corrected chi connectivity index (χ3v) is 8.15. The highest BCUT2D eigenvalue weighted by molar-refractivity contribution is 6.05. The van der Waals surface area contributed by atoms with Crippen molar-refractivity contribution < 1.29 is 19.2 Å². The largest absolute Gasteiger partial charge is 0.325 e. The Hall–Kier alpha value is -3.34. The van der Waals surface area contributed by atoms with Crippen LogP contribution in [0.4, 0.5) is 4.79 Å². The first kappa shape index (κ1) is 24.4. The minimum atomic E-state index is -0.628. The fourth-order valence-electron chi connectivity index (χ4n) is 5.60. The molecule has 0 saturated carbocycles. The molecule has 0 spiro atoms. The maximum absolute atomic E-state index is 13.0. The fourth-order valence-corrected chi connectivity index (χ4v) is 5.60. The van der Waals surface area contributed by atoms with Gasteiger partial charge >= 0.3 is 6.03 Å². The number of piperidine rings is 3. The van der Waals surface area contributed by atoms with Crippen LogP contribution in [0.15, 0.2) is 18.2 Å². The van der Waals surface area contributed by atoms with Gasteiger partial charge in [0.25, 0.3) is 5.91 Å². The third-order valence-electron chi connectivity index (χ3n) is 8.15. The molecule has 0 aromatic heterocycles. The van der Waals surface area contributed by atoms with Gasteiger partial charge in [-0.25, -0.2) is 4.79 Å². The Morgan fingerprint density at radius 1 is 1.00 bits per heavy atom. The summed E-state index contributed by atoms with van der Waals surface area (Å²) in [5, 5.41) is 2.34. The Morgan fingerprint density at radius 3 is 2.39 bits per heavy atom. The highest BCUT2D eigenvalue weighted by Crippen LogP contribution is 2.31. The second-order valence-electron chi connectivity index (χ2n) is 11.2.